The Labute approximate surface area is 793 Å². The molecule has 18 rings (SSSR count). The maximum Gasteiger partial charge on any atom is 0.216 e. The first-order valence-corrected chi connectivity index (χ1v) is 43.8. The van der Waals surface area contributed by atoms with Crippen molar-refractivity contribution >= 4 is 148 Å². The SMILES string of the molecule is CC(=O)C=C(C)O.CC(=O)C=C(C)O.CC(=O)C=C(C)O.Cc1ccc2c(n1)oc1c(-c3cc4cc(-c5c(C(C)C)cccc5C(C)C)sc4cn3)[c-]ccc12.Cc1ccc2c(n1)oc1c(-c3cc4cc(-c5cc(C(C)C)cc(C(C)C)c5)sc4cn3)[c-]ccc12.Cc1ccc2c(n1)oc1c(-c3cc4cc(-c5ccc(C(C)(C)C)cc5)sc4cn3)[c-]ccc12.[Ir].[Ir].[Ir]. The normalized spacial score (nSPS) is 11.7. The first-order chi connectivity index (χ1) is 59.0. The van der Waals surface area contributed by atoms with E-state index in [1.807, 2.05) is 105 Å². The first kappa shape index (κ1) is 98.3. The van der Waals surface area contributed by atoms with Gasteiger partial charge < -0.3 is 43.5 Å². The van der Waals surface area contributed by atoms with E-state index in [0.717, 1.165) is 99.9 Å². The summed E-state index contributed by atoms with van der Waals surface area (Å²) in [6, 6.07) is 70.3. The third-order valence-electron chi connectivity index (χ3n) is 20.8. The summed E-state index contributed by atoms with van der Waals surface area (Å²) in [6.45, 7) is 39.3. The van der Waals surface area contributed by atoms with Gasteiger partial charge in [-0.2, -0.15) is 0 Å². The number of furan rings is 3. The topological polar surface area (TPSA) is 229 Å². The van der Waals surface area contributed by atoms with Crippen LogP contribution in [-0.4, -0.2) is 62.6 Å². The van der Waals surface area contributed by atoms with Gasteiger partial charge in [0.05, 0.1) is 48.1 Å². The molecule has 6 aromatic carbocycles. The van der Waals surface area contributed by atoms with Crippen LogP contribution < -0.4 is 0 Å². The minimum atomic E-state index is -0.125. The summed E-state index contributed by atoms with van der Waals surface area (Å²) in [7, 11) is 0. The zero-order valence-electron chi connectivity index (χ0n) is 74.6. The zero-order chi connectivity index (χ0) is 88.9. The van der Waals surface area contributed by atoms with E-state index in [1.54, 1.807) is 22.7 Å². The van der Waals surface area contributed by atoms with Crippen molar-refractivity contribution < 1.29 is 103 Å². The molecule has 18 aromatic rings. The number of aliphatic hydroxyl groups is 3. The number of rotatable bonds is 13. The fourth-order valence-corrected chi connectivity index (χ4v) is 17.8. The Morgan fingerprint density at radius 3 is 1.01 bits per heavy atom. The Bertz CT molecular complexity index is 7040. The van der Waals surface area contributed by atoms with Gasteiger partial charge in [0.15, 0.2) is 17.3 Å². The maximum absolute atomic E-state index is 10.0. The van der Waals surface area contributed by atoms with E-state index in [9.17, 15) is 14.4 Å². The van der Waals surface area contributed by atoms with Crippen LogP contribution in [0.25, 0.3) is 162 Å². The number of fused-ring (bicyclic) bond motifs is 12. The largest absolute Gasteiger partial charge is 0.512 e. The van der Waals surface area contributed by atoms with E-state index in [0.29, 0.717) is 40.8 Å². The van der Waals surface area contributed by atoms with Crippen LogP contribution in [0, 0.1) is 39.0 Å². The van der Waals surface area contributed by atoms with Crippen LogP contribution in [-0.2, 0) is 80.1 Å². The molecule has 0 amide bonds. The molecule has 657 valence electrons. The molecule has 127 heavy (non-hydrogen) atoms. The van der Waals surface area contributed by atoms with Crippen molar-refractivity contribution in [1.82, 2.24) is 29.9 Å². The summed E-state index contributed by atoms with van der Waals surface area (Å²) in [5.41, 5.74) is 23.3. The van der Waals surface area contributed by atoms with E-state index in [-0.39, 0.29) is 100 Å². The molecular weight excluding hydrogens is 2170 g/mol. The second-order valence-corrected chi connectivity index (χ2v) is 36.7. The number of thiophene rings is 3. The Balaban J connectivity index is 0.000000176. The van der Waals surface area contributed by atoms with Crippen LogP contribution in [0.5, 0.6) is 0 Å². The van der Waals surface area contributed by atoms with Crippen molar-refractivity contribution in [3.05, 3.63) is 287 Å². The molecule has 12 heterocycles. The second-order valence-electron chi connectivity index (χ2n) is 33.5. The average Bonchev–Trinajstić information content (AvgIpc) is 1.61. The minimum Gasteiger partial charge on any atom is -0.512 e. The van der Waals surface area contributed by atoms with Crippen LogP contribution in [0.4, 0.5) is 0 Å². The van der Waals surface area contributed by atoms with Crippen molar-refractivity contribution in [2.45, 2.75) is 168 Å². The molecule has 15 nitrogen and oxygen atoms in total. The van der Waals surface area contributed by atoms with Crippen LogP contribution in [0.2, 0.25) is 0 Å². The number of aromatic nitrogens is 6. The van der Waals surface area contributed by atoms with Crippen LogP contribution in [0.1, 0.15) is 186 Å². The molecule has 0 bridgehead atoms. The predicted octanol–water partition coefficient (Wildman–Crippen LogP) is 30.0. The Morgan fingerprint density at radius 2 is 0.709 bits per heavy atom. The van der Waals surface area contributed by atoms with Crippen molar-refractivity contribution in [2.24, 2.45) is 0 Å². The Kier molecular flexibility index (Phi) is 32.8. The van der Waals surface area contributed by atoms with Gasteiger partial charge in [0, 0.05) is 145 Å². The van der Waals surface area contributed by atoms with Gasteiger partial charge in [-0.3, -0.25) is 14.4 Å². The Hall–Kier alpha value is -10.9. The van der Waals surface area contributed by atoms with Crippen molar-refractivity contribution in [3.8, 4) is 65.1 Å². The van der Waals surface area contributed by atoms with Gasteiger partial charge in [-0.1, -0.05) is 188 Å². The number of aliphatic hydroxyl groups excluding tert-OH is 3. The molecule has 0 saturated carbocycles. The minimum absolute atomic E-state index is 0. The van der Waals surface area contributed by atoms with Gasteiger partial charge in [0.1, 0.15) is 0 Å². The van der Waals surface area contributed by atoms with Gasteiger partial charge >= 0.3 is 0 Å². The zero-order valence-corrected chi connectivity index (χ0v) is 84.3. The summed E-state index contributed by atoms with van der Waals surface area (Å²) in [6.07, 6.45) is 9.43. The van der Waals surface area contributed by atoms with Gasteiger partial charge in [0.2, 0.25) is 17.1 Å². The number of hydrogen-bond donors (Lipinski definition) is 3. The molecule has 0 saturated heterocycles. The number of ketones is 3. The molecular formula is C106H101Ir3N6O9S3-3. The molecule has 3 radical (unpaired) electrons. The molecule has 3 N–H and O–H groups in total. The maximum atomic E-state index is 10.0. The fourth-order valence-electron chi connectivity index (χ4n) is 14.7. The molecule has 0 aliphatic rings. The number of allylic oxidation sites excluding steroid dienone is 6. The van der Waals surface area contributed by atoms with Crippen molar-refractivity contribution in [1.29, 1.82) is 0 Å². The summed E-state index contributed by atoms with van der Waals surface area (Å²) in [5, 5.41) is 34.8. The van der Waals surface area contributed by atoms with Crippen LogP contribution in [0.15, 0.2) is 237 Å². The van der Waals surface area contributed by atoms with Crippen molar-refractivity contribution in [2.75, 3.05) is 0 Å². The second kappa shape index (κ2) is 42.3. The van der Waals surface area contributed by atoms with Gasteiger partial charge in [0.25, 0.3) is 0 Å². The number of carbonyl (C=O) groups excluding carboxylic acids is 3. The molecule has 0 fully saturated rings. The molecule has 12 aromatic heterocycles. The third-order valence-corrected chi connectivity index (χ3v) is 24.2. The van der Waals surface area contributed by atoms with E-state index in [4.69, 9.17) is 43.5 Å². The number of benzene rings is 6. The van der Waals surface area contributed by atoms with E-state index >= 15 is 0 Å². The summed E-state index contributed by atoms with van der Waals surface area (Å²) < 4.78 is 22.1. The van der Waals surface area contributed by atoms with Gasteiger partial charge in [-0.15, -0.1) is 88.6 Å². The molecule has 0 spiro atoms. The van der Waals surface area contributed by atoms with Crippen molar-refractivity contribution in [3.63, 3.8) is 0 Å². The van der Waals surface area contributed by atoms with E-state index in [2.05, 4.69) is 225 Å². The molecule has 0 aliphatic carbocycles. The fraction of sp³-hybridized carbons (Fsp3) is 0.236. The van der Waals surface area contributed by atoms with Gasteiger partial charge in [-0.05, 0) is 224 Å². The third kappa shape index (κ3) is 23.3. The standard InChI is InChI=1S/2C31H27N2OS.C29H23N2OS.3C5H8O2.3Ir/c1-17(2)21-8-6-9-22(18(3)4)29(21)27-15-20-14-26(32-16-28(20)35-27)25-11-7-10-23-24-13-12-19(5)33-31(24)34-30(23)25;1-17(2)20-11-21(18(3)4)13-22(12-20)28-15-23-14-27(32-16-29(23)35-28)26-8-6-7-24-25-10-9-19(5)33-31(25)34-30(24)26;1-17-8-13-22-21-6-5-7-23(27(21)32-28(22)31-17)24-14-19-15-25(33-26(19)16-30-24)18-9-11-20(12-10-18)29(2,3)4;3*1-4(6)3-5(2)7;;;/h6-10,12-18H,1-5H3;6-7,9-18H,1-5H3;5-6,8-16H,1-4H3;3*3,6H,1-2H3;;;/q3*-1;;;;;;. The number of aryl methyl sites for hydroxylation is 3. The molecule has 0 atom stereocenters. The summed E-state index contributed by atoms with van der Waals surface area (Å²) >= 11 is 5.39. The molecule has 0 aliphatic heterocycles. The van der Waals surface area contributed by atoms with Crippen LogP contribution in [0.3, 0.4) is 0 Å². The number of nitrogens with zero attached hydrogens (tertiary/aromatic N) is 6. The Morgan fingerprint density at radius 1 is 0.386 bits per heavy atom. The van der Waals surface area contributed by atoms with E-state index in [1.165, 1.54) is 149 Å². The smallest absolute Gasteiger partial charge is 0.216 e. The van der Waals surface area contributed by atoms with Crippen LogP contribution >= 0.6 is 34.0 Å². The molecule has 21 heteroatoms. The quantitative estimate of drug-likeness (QED) is 0.0554. The monoisotopic (exact) mass is 2280 g/mol. The summed E-state index contributed by atoms with van der Waals surface area (Å²) in [4.78, 5) is 62.0. The first-order valence-electron chi connectivity index (χ1n) is 41.4. The van der Waals surface area contributed by atoms with E-state index < -0.39 is 0 Å². The predicted molar refractivity (Wildman–Crippen MR) is 514 cm³/mol. The average molecular weight is 2280 g/mol. The number of hydrogen-bond acceptors (Lipinski definition) is 18. The van der Waals surface area contributed by atoms with Gasteiger partial charge in [-0.25, -0.2) is 15.0 Å². The summed E-state index contributed by atoms with van der Waals surface area (Å²) in [5.74, 6) is 1.72. The number of pyridine rings is 6. The number of carbonyl (C=O) groups is 3. The molecule has 0 unspecified atom stereocenters.